The zero-order valence-corrected chi connectivity index (χ0v) is 17.6. The molecule has 0 spiro atoms. The number of pyridine rings is 1. The summed E-state index contributed by atoms with van der Waals surface area (Å²) < 4.78 is 20.5. The molecule has 0 saturated carbocycles. The van der Waals surface area contributed by atoms with Gasteiger partial charge in [-0.2, -0.15) is 0 Å². The van der Waals surface area contributed by atoms with E-state index in [1.165, 1.54) is 23.5 Å². The molecule has 1 saturated heterocycles. The number of benzene rings is 1. The van der Waals surface area contributed by atoms with Crippen molar-refractivity contribution in [3.63, 3.8) is 0 Å². The minimum Gasteiger partial charge on any atom is -0.503 e. The second kappa shape index (κ2) is 7.58. The second-order valence-corrected chi connectivity index (χ2v) is 8.95. The summed E-state index contributed by atoms with van der Waals surface area (Å²) in [6, 6.07) is 6.19. The van der Waals surface area contributed by atoms with E-state index in [0.29, 0.717) is 31.0 Å². The SMILES string of the molecule is C[C@@H]1CCO[C@H]2Cn3cc(-c4ncc(Cc5ccc(F)cc5)s4)c(=O)c(O)c3C(=O)N12. The largest absolute Gasteiger partial charge is 0.503 e. The summed E-state index contributed by atoms with van der Waals surface area (Å²) >= 11 is 1.33. The van der Waals surface area contributed by atoms with Crippen LogP contribution in [0.4, 0.5) is 4.39 Å². The number of amides is 1. The molecule has 2 aliphatic rings. The van der Waals surface area contributed by atoms with E-state index in [9.17, 15) is 19.1 Å². The summed E-state index contributed by atoms with van der Waals surface area (Å²) in [7, 11) is 0. The molecule has 2 aliphatic heterocycles. The molecule has 31 heavy (non-hydrogen) atoms. The summed E-state index contributed by atoms with van der Waals surface area (Å²) in [6.07, 6.45) is 4.08. The number of carbonyl (C=O) groups excluding carboxylic acids is 1. The van der Waals surface area contributed by atoms with Crippen LogP contribution in [0, 0.1) is 5.82 Å². The van der Waals surface area contributed by atoms with E-state index < -0.39 is 23.3 Å². The van der Waals surface area contributed by atoms with Gasteiger partial charge in [-0.05, 0) is 31.0 Å². The summed E-state index contributed by atoms with van der Waals surface area (Å²) in [6.45, 7) is 2.83. The maximum atomic E-state index is 13.1. The number of aromatic hydroxyl groups is 1. The van der Waals surface area contributed by atoms with Gasteiger partial charge in [-0.1, -0.05) is 12.1 Å². The molecule has 0 unspecified atom stereocenters. The highest BCUT2D eigenvalue weighted by molar-refractivity contribution is 7.15. The first-order chi connectivity index (χ1) is 14.9. The van der Waals surface area contributed by atoms with Crippen LogP contribution in [0.2, 0.25) is 0 Å². The lowest BCUT2D eigenvalue weighted by atomic mass is 10.1. The number of carbonyl (C=O) groups is 1. The summed E-state index contributed by atoms with van der Waals surface area (Å²) in [5, 5.41) is 11.1. The number of hydrogen-bond donors (Lipinski definition) is 1. The molecule has 2 atom stereocenters. The quantitative estimate of drug-likeness (QED) is 0.676. The molecule has 3 aromatic rings. The van der Waals surface area contributed by atoms with E-state index in [1.54, 1.807) is 34.0 Å². The molecule has 0 radical (unpaired) electrons. The molecule has 0 aliphatic carbocycles. The monoisotopic (exact) mass is 441 g/mol. The Morgan fingerprint density at radius 1 is 1.29 bits per heavy atom. The zero-order chi connectivity index (χ0) is 21.7. The Morgan fingerprint density at radius 2 is 2.06 bits per heavy atom. The molecule has 9 heteroatoms. The van der Waals surface area contributed by atoms with Crippen molar-refractivity contribution in [1.82, 2.24) is 14.5 Å². The highest BCUT2D eigenvalue weighted by Crippen LogP contribution is 2.32. The molecular formula is C22H20FN3O4S. The minimum atomic E-state index is -0.619. The second-order valence-electron chi connectivity index (χ2n) is 7.83. The lowest BCUT2D eigenvalue weighted by Gasteiger charge is -2.44. The van der Waals surface area contributed by atoms with Crippen LogP contribution in [-0.2, 0) is 17.7 Å². The van der Waals surface area contributed by atoms with Gasteiger partial charge < -0.3 is 19.3 Å². The molecule has 1 N–H and O–H groups in total. The summed E-state index contributed by atoms with van der Waals surface area (Å²) in [5.41, 5.74) is 0.536. The third kappa shape index (κ3) is 3.43. The van der Waals surface area contributed by atoms with E-state index >= 15 is 0 Å². The maximum Gasteiger partial charge on any atom is 0.276 e. The van der Waals surface area contributed by atoms with E-state index in [1.807, 2.05) is 6.92 Å². The topological polar surface area (TPSA) is 84.7 Å². The number of hydrogen-bond acceptors (Lipinski definition) is 6. The van der Waals surface area contributed by atoms with Crippen LogP contribution in [0.3, 0.4) is 0 Å². The average molecular weight is 441 g/mol. The normalized spacial score (nSPS) is 20.5. The Bertz CT molecular complexity index is 1220. The molecule has 1 amide bonds. The molecule has 5 rings (SSSR count). The van der Waals surface area contributed by atoms with Gasteiger partial charge in [0, 0.05) is 29.7 Å². The molecule has 0 bridgehead atoms. The molecule has 1 aromatic carbocycles. The molecular weight excluding hydrogens is 421 g/mol. The van der Waals surface area contributed by atoms with Gasteiger partial charge in [0.1, 0.15) is 10.8 Å². The predicted molar refractivity (Wildman–Crippen MR) is 113 cm³/mol. The van der Waals surface area contributed by atoms with Gasteiger partial charge in [-0.25, -0.2) is 9.37 Å². The molecule has 1 fully saturated rings. The van der Waals surface area contributed by atoms with Gasteiger partial charge in [-0.3, -0.25) is 9.59 Å². The van der Waals surface area contributed by atoms with Crippen LogP contribution < -0.4 is 5.43 Å². The van der Waals surface area contributed by atoms with E-state index in [2.05, 4.69) is 4.98 Å². The number of rotatable bonds is 3. The van der Waals surface area contributed by atoms with Crippen LogP contribution in [0.5, 0.6) is 5.75 Å². The molecule has 4 heterocycles. The molecule has 2 aromatic heterocycles. The lowest BCUT2D eigenvalue weighted by Crippen LogP contribution is -2.56. The fourth-order valence-electron chi connectivity index (χ4n) is 4.13. The number of fused-ring (bicyclic) bond motifs is 2. The Hall–Kier alpha value is -3.04. The van der Waals surface area contributed by atoms with Crippen LogP contribution in [0.1, 0.15) is 34.3 Å². The first kappa shape index (κ1) is 19.9. The van der Waals surface area contributed by atoms with Crippen molar-refractivity contribution in [2.24, 2.45) is 0 Å². The van der Waals surface area contributed by atoms with Crippen LogP contribution in [0.15, 0.2) is 41.5 Å². The fraction of sp³-hybridized carbons (Fsp3) is 0.318. The number of nitrogens with zero attached hydrogens (tertiary/aromatic N) is 3. The molecule has 160 valence electrons. The van der Waals surface area contributed by atoms with Crippen LogP contribution >= 0.6 is 11.3 Å². The van der Waals surface area contributed by atoms with Gasteiger partial charge in [0.15, 0.2) is 17.7 Å². The van der Waals surface area contributed by atoms with Crippen molar-refractivity contribution in [3.8, 4) is 16.3 Å². The van der Waals surface area contributed by atoms with Crippen LogP contribution in [0.25, 0.3) is 10.6 Å². The zero-order valence-electron chi connectivity index (χ0n) is 16.7. The standard InChI is InChI=1S/C22H20FN3O4S/c1-12-6-7-30-17-11-25-10-16(19(27)20(28)18(25)22(29)26(12)17)21-24-9-15(31-21)8-13-2-4-14(23)5-3-13/h2-5,9-10,12,17,28H,6-8,11H2,1H3/t12-,17+/m1/s1. The smallest absolute Gasteiger partial charge is 0.276 e. The molecule has 7 nitrogen and oxygen atoms in total. The Morgan fingerprint density at radius 3 is 2.84 bits per heavy atom. The summed E-state index contributed by atoms with van der Waals surface area (Å²) in [4.78, 5) is 32.7. The Kier molecular flexibility index (Phi) is 4.86. The third-order valence-corrected chi connectivity index (χ3v) is 6.78. The first-order valence-electron chi connectivity index (χ1n) is 10.0. The first-order valence-corrected chi connectivity index (χ1v) is 10.8. The van der Waals surface area contributed by atoms with Gasteiger partial charge in [0.25, 0.3) is 5.91 Å². The van der Waals surface area contributed by atoms with Gasteiger partial charge in [-0.15, -0.1) is 11.3 Å². The lowest BCUT2D eigenvalue weighted by molar-refractivity contribution is -0.112. The predicted octanol–water partition coefficient (Wildman–Crippen LogP) is 3.00. The Labute approximate surface area is 181 Å². The highest BCUT2D eigenvalue weighted by Gasteiger charge is 2.40. The van der Waals surface area contributed by atoms with E-state index in [0.717, 1.165) is 10.4 Å². The van der Waals surface area contributed by atoms with Crippen molar-refractivity contribution in [2.75, 3.05) is 6.61 Å². The summed E-state index contributed by atoms with van der Waals surface area (Å²) in [5.74, 6) is -1.26. The number of halogens is 1. The van der Waals surface area contributed by atoms with Crippen molar-refractivity contribution < 1.29 is 19.0 Å². The van der Waals surface area contributed by atoms with E-state index in [4.69, 9.17) is 4.74 Å². The van der Waals surface area contributed by atoms with Crippen molar-refractivity contribution in [1.29, 1.82) is 0 Å². The van der Waals surface area contributed by atoms with Gasteiger partial charge in [0.05, 0.1) is 18.7 Å². The fourth-order valence-corrected chi connectivity index (χ4v) is 5.08. The highest BCUT2D eigenvalue weighted by atomic mass is 32.1. The van der Waals surface area contributed by atoms with Gasteiger partial charge in [0.2, 0.25) is 5.43 Å². The van der Waals surface area contributed by atoms with Crippen molar-refractivity contribution in [2.45, 2.75) is 38.6 Å². The Balaban J connectivity index is 1.50. The number of ether oxygens (including phenoxy) is 1. The number of thiazole rings is 1. The maximum absolute atomic E-state index is 13.1. The van der Waals surface area contributed by atoms with Crippen molar-refractivity contribution in [3.05, 3.63) is 68.8 Å². The van der Waals surface area contributed by atoms with E-state index in [-0.39, 0.29) is 23.1 Å². The average Bonchev–Trinajstić information content (AvgIpc) is 3.20. The number of aromatic nitrogens is 2. The van der Waals surface area contributed by atoms with Crippen LogP contribution in [-0.4, -0.2) is 44.3 Å². The van der Waals surface area contributed by atoms with Gasteiger partial charge >= 0.3 is 0 Å². The minimum absolute atomic E-state index is 0.00885. The van der Waals surface area contributed by atoms with Crippen molar-refractivity contribution >= 4 is 17.2 Å². The third-order valence-electron chi connectivity index (χ3n) is 5.75.